The van der Waals surface area contributed by atoms with Crippen molar-refractivity contribution in [2.75, 3.05) is 6.61 Å². The van der Waals surface area contributed by atoms with Crippen LogP contribution >= 0.6 is 0 Å². The molecule has 0 bridgehead atoms. The fourth-order valence-corrected chi connectivity index (χ4v) is 2.17. The molecule has 0 unspecified atom stereocenters. The third kappa shape index (κ3) is 2.71. The number of benzene rings is 1. The van der Waals surface area contributed by atoms with Gasteiger partial charge in [0.15, 0.2) is 6.61 Å². The summed E-state index contributed by atoms with van der Waals surface area (Å²) in [4.78, 5) is 36.9. The van der Waals surface area contributed by atoms with E-state index in [1.54, 1.807) is 12.1 Å². The number of nitrogens with two attached hydrogens (primary N) is 1. The van der Waals surface area contributed by atoms with Gasteiger partial charge in [-0.25, -0.2) is 4.79 Å². The Morgan fingerprint density at radius 2 is 2.05 bits per heavy atom. The Morgan fingerprint density at radius 3 is 2.62 bits per heavy atom. The molecule has 2 aromatic rings. The van der Waals surface area contributed by atoms with E-state index in [1.807, 2.05) is 6.92 Å². The van der Waals surface area contributed by atoms with Gasteiger partial charge in [-0.1, -0.05) is 13.0 Å². The van der Waals surface area contributed by atoms with Crippen LogP contribution in [0.1, 0.15) is 23.0 Å². The van der Waals surface area contributed by atoms with Gasteiger partial charge in [0, 0.05) is 5.69 Å². The average Bonchev–Trinajstić information content (AvgIpc) is 2.82. The molecular formula is C14H14N2O5. The molecule has 0 spiro atoms. The molecular weight excluding hydrogens is 276 g/mol. The maximum absolute atomic E-state index is 12.0. The van der Waals surface area contributed by atoms with Crippen molar-refractivity contribution < 1.29 is 24.2 Å². The number of aliphatic carboxylic acids is 1. The maximum atomic E-state index is 12.0. The number of carboxylic acid groups (broad SMARTS) is 1. The monoisotopic (exact) mass is 290 g/mol. The summed E-state index contributed by atoms with van der Waals surface area (Å²) in [5.41, 5.74) is 6.36. The van der Waals surface area contributed by atoms with Gasteiger partial charge in [-0.2, -0.15) is 0 Å². The number of ether oxygens (including phenoxy) is 1. The van der Waals surface area contributed by atoms with E-state index in [2.05, 4.69) is 4.98 Å². The number of aryl methyl sites for hydroxylation is 1. The predicted molar refractivity (Wildman–Crippen MR) is 74.3 cm³/mol. The molecule has 0 aliphatic heterocycles. The molecule has 0 saturated carbocycles. The molecule has 2 rings (SSSR count). The zero-order valence-corrected chi connectivity index (χ0v) is 11.3. The van der Waals surface area contributed by atoms with Gasteiger partial charge in [0.05, 0.1) is 16.5 Å². The van der Waals surface area contributed by atoms with Gasteiger partial charge in [-0.05, 0) is 18.6 Å². The van der Waals surface area contributed by atoms with E-state index in [0.717, 1.165) is 0 Å². The van der Waals surface area contributed by atoms with E-state index >= 15 is 0 Å². The third-order valence-electron chi connectivity index (χ3n) is 3.02. The molecule has 0 aliphatic carbocycles. The lowest BCUT2D eigenvalue weighted by atomic mass is 10.0. The Bertz CT molecular complexity index is 732. The average molecular weight is 290 g/mol. The van der Waals surface area contributed by atoms with E-state index in [4.69, 9.17) is 15.6 Å². The summed E-state index contributed by atoms with van der Waals surface area (Å²) in [5.74, 6) is -2.82. The molecule has 110 valence electrons. The van der Waals surface area contributed by atoms with Gasteiger partial charge >= 0.3 is 5.97 Å². The number of carbonyl (C=O) groups is 3. The number of ketones is 1. The molecule has 1 heterocycles. The smallest absolute Gasteiger partial charge is 0.341 e. The van der Waals surface area contributed by atoms with Crippen LogP contribution in [0.15, 0.2) is 18.2 Å². The van der Waals surface area contributed by atoms with Crippen LogP contribution in [0, 0.1) is 0 Å². The van der Waals surface area contributed by atoms with Crippen LogP contribution in [0.3, 0.4) is 0 Å². The van der Waals surface area contributed by atoms with Gasteiger partial charge in [0.1, 0.15) is 5.75 Å². The third-order valence-corrected chi connectivity index (χ3v) is 3.02. The Kier molecular flexibility index (Phi) is 3.93. The molecule has 0 aliphatic rings. The minimum atomic E-state index is -1.14. The number of aromatic amines is 1. The van der Waals surface area contributed by atoms with Crippen LogP contribution < -0.4 is 10.5 Å². The first-order chi connectivity index (χ1) is 9.95. The highest BCUT2D eigenvalue weighted by Gasteiger charge is 2.24. The molecule has 4 N–H and O–H groups in total. The zero-order valence-electron chi connectivity index (χ0n) is 11.3. The summed E-state index contributed by atoms with van der Waals surface area (Å²) < 4.78 is 5.19. The summed E-state index contributed by atoms with van der Waals surface area (Å²) in [6, 6.07) is 4.91. The number of carboxylic acids is 1. The SMILES string of the molecule is CCc1[nH]c2cccc(OCC(=O)O)c2c1C(=O)C(N)=O. The van der Waals surface area contributed by atoms with Gasteiger partial charge in [0.2, 0.25) is 0 Å². The number of carbonyl (C=O) groups excluding carboxylic acids is 2. The molecule has 1 amide bonds. The van der Waals surface area contributed by atoms with Gasteiger partial charge in [0.25, 0.3) is 11.7 Å². The Morgan fingerprint density at radius 1 is 1.33 bits per heavy atom. The van der Waals surface area contributed by atoms with Crippen molar-refractivity contribution in [1.82, 2.24) is 4.98 Å². The van der Waals surface area contributed by atoms with Crippen LogP contribution in [-0.4, -0.2) is 34.4 Å². The van der Waals surface area contributed by atoms with Crippen molar-refractivity contribution in [2.45, 2.75) is 13.3 Å². The lowest BCUT2D eigenvalue weighted by Gasteiger charge is -2.06. The van der Waals surface area contributed by atoms with Crippen molar-refractivity contribution in [1.29, 1.82) is 0 Å². The van der Waals surface area contributed by atoms with E-state index in [9.17, 15) is 14.4 Å². The number of H-pyrrole nitrogens is 1. The van der Waals surface area contributed by atoms with Crippen LogP contribution in [-0.2, 0) is 16.0 Å². The molecule has 0 atom stereocenters. The number of primary amides is 1. The minimum absolute atomic E-state index is 0.140. The summed E-state index contributed by atoms with van der Waals surface area (Å²) >= 11 is 0. The first kappa shape index (κ1) is 14.6. The van der Waals surface area contributed by atoms with Crippen LogP contribution in [0.5, 0.6) is 5.75 Å². The largest absolute Gasteiger partial charge is 0.481 e. The first-order valence-corrected chi connectivity index (χ1v) is 6.28. The normalized spacial score (nSPS) is 10.5. The van der Waals surface area contributed by atoms with Crippen molar-refractivity contribution in [3.8, 4) is 5.75 Å². The highest BCUT2D eigenvalue weighted by Crippen LogP contribution is 2.32. The number of hydrogen-bond acceptors (Lipinski definition) is 4. The second-order valence-electron chi connectivity index (χ2n) is 4.39. The van der Waals surface area contributed by atoms with Gasteiger partial charge < -0.3 is 20.6 Å². The second kappa shape index (κ2) is 5.66. The summed E-state index contributed by atoms with van der Waals surface area (Å²) in [6.07, 6.45) is 0.488. The molecule has 0 radical (unpaired) electrons. The number of rotatable bonds is 6. The van der Waals surface area contributed by atoms with Crippen molar-refractivity contribution >= 4 is 28.6 Å². The number of hydrogen-bond donors (Lipinski definition) is 3. The number of aromatic nitrogens is 1. The quantitative estimate of drug-likeness (QED) is 0.538. The fourth-order valence-electron chi connectivity index (χ4n) is 2.17. The molecule has 1 aromatic carbocycles. The molecule has 1 aromatic heterocycles. The fraction of sp³-hybridized carbons (Fsp3) is 0.214. The van der Waals surface area contributed by atoms with Crippen LogP contribution in [0.4, 0.5) is 0 Å². The van der Waals surface area contributed by atoms with E-state index in [0.29, 0.717) is 23.0 Å². The summed E-state index contributed by atoms with van der Waals surface area (Å²) in [6.45, 7) is 1.27. The number of nitrogens with one attached hydrogen (secondary N) is 1. The van der Waals surface area contributed by atoms with Crippen LogP contribution in [0.2, 0.25) is 0 Å². The highest BCUT2D eigenvalue weighted by atomic mass is 16.5. The van der Waals surface area contributed by atoms with Crippen molar-refractivity contribution in [3.63, 3.8) is 0 Å². The maximum Gasteiger partial charge on any atom is 0.341 e. The number of fused-ring (bicyclic) bond motifs is 1. The number of Topliss-reactive ketones (excluding diaryl/α,β-unsaturated/α-hetero) is 1. The van der Waals surface area contributed by atoms with Gasteiger partial charge in [-0.15, -0.1) is 0 Å². The summed E-state index contributed by atoms with van der Waals surface area (Å²) in [7, 11) is 0. The molecule has 0 saturated heterocycles. The number of amides is 1. The summed E-state index contributed by atoms with van der Waals surface area (Å²) in [5, 5.41) is 9.07. The first-order valence-electron chi connectivity index (χ1n) is 6.28. The Hall–Kier alpha value is -2.83. The minimum Gasteiger partial charge on any atom is -0.481 e. The van der Waals surface area contributed by atoms with Crippen molar-refractivity contribution in [2.24, 2.45) is 5.73 Å². The van der Waals surface area contributed by atoms with E-state index in [1.165, 1.54) is 6.07 Å². The molecule has 7 nitrogen and oxygen atoms in total. The molecule has 0 fully saturated rings. The van der Waals surface area contributed by atoms with Gasteiger partial charge in [-0.3, -0.25) is 9.59 Å². The Labute approximate surface area is 119 Å². The second-order valence-corrected chi connectivity index (χ2v) is 4.39. The standard InChI is InChI=1S/C14H14N2O5/c1-2-7-12(13(19)14(15)20)11-8(16-7)4-3-5-9(11)21-6-10(17)18/h3-5,16H,2,6H2,1H3,(H2,15,20)(H,17,18). The van der Waals surface area contributed by atoms with E-state index < -0.39 is 24.3 Å². The highest BCUT2D eigenvalue weighted by molar-refractivity contribution is 6.45. The topological polar surface area (TPSA) is 122 Å². The lowest BCUT2D eigenvalue weighted by Crippen LogP contribution is -2.24. The molecule has 21 heavy (non-hydrogen) atoms. The molecule has 7 heteroatoms. The zero-order chi connectivity index (χ0) is 15.6. The predicted octanol–water partition coefficient (Wildman–Crippen LogP) is 0.862. The van der Waals surface area contributed by atoms with Crippen LogP contribution in [0.25, 0.3) is 10.9 Å². The Balaban J connectivity index is 2.65. The van der Waals surface area contributed by atoms with E-state index in [-0.39, 0.29) is 11.3 Å². The van der Waals surface area contributed by atoms with Crippen molar-refractivity contribution in [3.05, 3.63) is 29.5 Å². The lowest BCUT2D eigenvalue weighted by molar-refractivity contribution is -0.139.